The van der Waals surface area contributed by atoms with Crippen LogP contribution in [-0.2, 0) is 22.8 Å². The molecule has 2 amide bonds. The highest BCUT2D eigenvalue weighted by atomic mass is 35.5. The van der Waals surface area contributed by atoms with Gasteiger partial charge in [-0.15, -0.1) is 0 Å². The van der Waals surface area contributed by atoms with Crippen LogP contribution in [0.5, 0.6) is 0 Å². The maximum Gasteiger partial charge on any atom is 0.435 e. The molecule has 0 atom stereocenters. The van der Waals surface area contributed by atoms with Crippen LogP contribution in [0.1, 0.15) is 56.8 Å². The molecular formula is C27H31ClF3N9O4S. The lowest BCUT2D eigenvalue weighted by Gasteiger charge is -2.37. The first-order valence-electron chi connectivity index (χ1n) is 14.5. The first kappa shape index (κ1) is 31.5. The molecule has 18 heteroatoms. The lowest BCUT2D eigenvalue weighted by molar-refractivity contribution is -0.142. The van der Waals surface area contributed by atoms with Crippen LogP contribution in [-0.4, -0.2) is 106 Å². The molecule has 0 unspecified atom stereocenters. The summed E-state index contributed by atoms with van der Waals surface area (Å²) in [6, 6.07) is 4.35. The van der Waals surface area contributed by atoms with E-state index < -0.39 is 28.0 Å². The third-order valence-electron chi connectivity index (χ3n) is 7.93. The van der Waals surface area contributed by atoms with Gasteiger partial charge in [0.1, 0.15) is 0 Å². The molecule has 6 rings (SSSR count). The average molecular weight is 670 g/mol. The van der Waals surface area contributed by atoms with Crippen LogP contribution in [0, 0.1) is 0 Å². The molecule has 0 bridgehead atoms. The summed E-state index contributed by atoms with van der Waals surface area (Å²) < 4.78 is 70.7. The van der Waals surface area contributed by atoms with E-state index >= 15 is 0 Å². The minimum absolute atomic E-state index is 0.0142. The summed E-state index contributed by atoms with van der Waals surface area (Å²) in [5, 5.41) is 9.56. The summed E-state index contributed by atoms with van der Waals surface area (Å²) in [5.41, 5.74) is -0.195. The zero-order chi connectivity index (χ0) is 31.9. The summed E-state index contributed by atoms with van der Waals surface area (Å²) in [4.78, 5) is 34.3. The number of aromatic amines is 1. The molecule has 3 aromatic rings. The maximum absolute atomic E-state index is 13.5. The summed E-state index contributed by atoms with van der Waals surface area (Å²) in [6.07, 6.45) is -0.490. The minimum Gasteiger partial charge on any atom is -0.337 e. The molecule has 45 heavy (non-hydrogen) atoms. The minimum atomic E-state index is -4.61. The molecule has 1 saturated carbocycles. The van der Waals surface area contributed by atoms with Crippen molar-refractivity contribution in [3.63, 3.8) is 0 Å². The summed E-state index contributed by atoms with van der Waals surface area (Å²) in [7, 11) is -3.60. The highest BCUT2D eigenvalue weighted by molar-refractivity contribution is 7.86. The van der Waals surface area contributed by atoms with E-state index in [4.69, 9.17) is 11.6 Å². The smallest absolute Gasteiger partial charge is 0.337 e. The Morgan fingerprint density at radius 1 is 1.04 bits per heavy atom. The SMILES string of the molecule is O=C(Nc1ccc(C(=O)N2CCN(S(=O)(=O)N3CCNCC3)CC2)c(Cl)c1)c1ncc(Cc2cn(C3CC3)nc2C(F)(F)F)[nH]1. The molecule has 3 N–H and O–H groups in total. The van der Waals surface area contributed by atoms with Gasteiger partial charge in [0.25, 0.3) is 22.0 Å². The van der Waals surface area contributed by atoms with Gasteiger partial charge in [-0.1, -0.05) is 11.6 Å². The average Bonchev–Trinajstić information content (AvgIpc) is 3.60. The number of nitrogens with one attached hydrogen (secondary N) is 3. The quantitative estimate of drug-likeness (QED) is 0.334. The van der Waals surface area contributed by atoms with E-state index in [1.54, 1.807) is 0 Å². The van der Waals surface area contributed by atoms with Gasteiger partial charge in [-0.2, -0.15) is 35.3 Å². The molecule has 1 aromatic carbocycles. The first-order valence-corrected chi connectivity index (χ1v) is 16.2. The van der Waals surface area contributed by atoms with Crippen molar-refractivity contribution in [2.45, 2.75) is 31.5 Å². The van der Waals surface area contributed by atoms with Gasteiger partial charge in [-0.3, -0.25) is 14.3 Å². The molecule has 2 aromatic heterocycles. The van der Waals surface area contributed by atoms with E-state index in [2.05, 4.69) is 25.7 Å². The van der Waals surface area contributed by atoms with Gasteiger partial charge in [0, 0.05) is 88.1 Å². The van der Waals surface area contributed by atoms with E-state index in [1.807, 2.05) is 0 Å². The zero-order valence-corrected chi connectivity index (χ0v) is 25.6. The van der Waals surface area contributed by atoms with E-state index in [9.17, 15) is 31.2 Å². The van der Waals surface area contributed by atoms with Crippen molar-refractivity contribution in [2.24, 2.45) is 0 Å². The number of piperazine rings is 2. The lowest BCUT2D eigenvalue weighted by atomic mass is 10.1. The van der Waals surface area contributed by atoms with E-state index in [-0.39, 0.29) is 72.2 Å². The summed E-state index contributed by atoms with van der Waals surface area (Å²) in [6.45, 7) is 2.71. The molecule has 0 radical (unpaired) electrons. The number of amides is 2. The molecule has 3 aliphatic rings. The molecule has 4 heterocycles. The van der Waals surface area contributed by atoms with Gasteiger partial charge in [-0.05, 0) is 31.0 Å². The second kappa shape index (κ2) is 12.4. The van der Waals surface area contributed by atoms with Gasteiger partial charge >= 0.3 is 6.18 Å². The van der Waals surface area contributed by atoms with Crippen molar-refractivity contribution in [1.29, 1.82) is 0 Å². The largest absolute Gasteiger partial charge is 0.435 e. The highest BCUT2D eigenvalue weighted by Crippen LogP contribution is 2.38. The number of alkyl halides is 3. The Bertz CT molecular complexity index is 1690. The van der Waals surface area contributed by atoms with Crippen LogP contribution in [0.2, 0.25) is 5.02 Å². The number of carbonyl (C=O) groups is 2. The first-order chi connectivity index (χ1) is 21.4. The second-order valence-corrected chi connectivity index (χ2v) is 13.5. The Hall–Kier alpha value is -3.51. The van der Waals surface area contributed by atoms with Crippen LogP contribution in [0.3, 0.4) is 0 Å². The predicted octanol–water partition coefficient (Wildman–Crippen LogP) is 2.36. The summed E-state index contributed by atoms with van der Waals surface area (Å²) >= 11 is 6.41. The number of benzene rings is 1. The Balaban J connectivity index is 1.06. The number of H-pyrrole nitrogens is 1. The fourth-order valence-electron chi connectivity index (χ4n) is 5.38. The van der Waals surface area contributed by atoms with Gasteiger partial charge in [-0.25, -0.2) is 4.98 Å². The maximum atomic E-state index is 13.5. The van der Waals surface area contributed by atoms with Crippen molar-refractivity contribution < 1.29 is 31.2 Å². The fraction of sp³-hybridized carbons (Fsp3) is 0.481. The second-order valence-electron chi connectivity index (χ2n) is 11.1. The number of hydrogen-bond acceptors (Lipinski definition) is 7. The molecule has 2 aliphatic heterocycles. The molecule has 242 valence electrons. The number of halogens is 4. The van der Waals surface area contributed by atoms with Crippen molar-refractivity contribution in [1.82, 2.24) is 38.6 Å². The molecule has 2 saturated heterocycles. The number of carbonyl (C=O) groups excluding carboxylic acids is 2. The fourth-order valence-corrected chi connectivity index (χ4v) is 7.24. The van der Waals surface area contributed by atoms with Crippen molar-refractivity contribution >= 4 is 39.3 Å². The number of aromatic nitrogens is 4. The van der Waals surface area contributed by atoms with Gasteiger partial charge < -0.3 is 20.5 Å². The van der Waals surface area contributed by atoms with Crippen LogP contribution in [0.15, 0.2) is 30.6 Å². The normalized spacial score (nSPS) is 18.7. The molecule has 13 nitrogen and oxygen atoms in total. The van der Waals surface area contributed by atoms with Gasteiger partial charge in [0.15, 0.2) is 11.5 Å². The number of anilines is 1. The molecule has 3 fully saturated rings. The Morgan fingerprint density at radius 3 is 2.38 bits per heavy atom. The van der Waals surface area contributed by atoms with Gasteiger partial charge in [0.2, 0.25) is 0 Å². The van der Waals surface area contributed by atoms with Crippen LogP contribution in [0.25, 0.3) is 0 Å². The van der Waals surface area contributed by atoms with Crippen LogP contribution in [0.4, 0.5) is 18.9 Å². The zero-order valence-electron chi connectivity index (χ0n) is 24.0. The van der Waals surface area contributed by atoms with E-state index in [0.717, 1.165) is 12.8 Å². The van der Waals surface area contributed by atoms with Crippen molar-refractivity contribution in [3.8, 4) is 0 Å². The molecule has 1 aliphatic carbocycles. The number of rotatable bonds is 8. The van der Waals surface area contributed by atoms with Gasteiger partial charge in [0.05, 0.1) is 16.6 Å². The highest BCUT2D eigenvalue weighted by Gasteiger charge is 2.39. The van der Waals surface area contributed by atoms with Crippen molar-refractivity contribution in [3.05, 3.63) is 64.0 Å². The topological polar surface area (TPSA) is 149 Å². The van der Waals surface area contributed by atoms with Crippen LogP contribution < -0.4 is 10.6 Å². The summed E-state index contributed by atoms with van der Waals surface area (Å²) in [5.74, 6) is -1.13. The predicted molar refractivity (Wildman–Crippen MR) is 157 cm³/mol. The number of nitrogens with zero attached hydrogens (tertiary/aromatic N) is 6. The van der Waals surface area contributed by atoms with Crippen molar-refractivity contribution in [2.75, 3.05) is 57.7 Å². The third kappa shape index (κ3) is 6.86. The third-order valence-corrected chi connectivity index (χ3v) is 10.3. The Morgan fingerprint density at radius 2 is 1.73 bits per heavy atom. The molecule has 0 spiro atoms. The van der Waals surface area contributed by atoms with E-state index in [0.29, 0.717) is 31.9 Å². The number of imidazole rings is 1. The molecular weight excluding hydrogens is 639 g/mol. The monoisotopic (exact) mass is 669 g/mol. The standard InChI is InChI=1S/C27H31ClF3N9O4S/c28-22-14-18(1-4-21(22)26(42)37-9-11-39(12-10-37)45(43,44)38-7-5-32-6-8-38)35-25(41)24-33-15-19(34-24)13-17-16-40(20-2-3-20)36-23(17)27(29,30)31/h1,4,14-16,20,32H,2-3,5-13H2,(H,33,34)(H,35,41). The Labute approximate surface area is 261 Å². The number of hydrogen-bond donors (Lipinski definition) is 3. The Kier molecular flexibility index (Phi) is 8.64. The van der Waals surface area contributed by atoms with Crippen LogP contribution >= 0.6 is 11.6 Å². The lowest BCUT2D eigenvalue weighted by Crippen LogP contribution is -2.57. The van der Waals surface area contributed by atoms with E-state index in [1.165, 1.54) is 48.8 Å².